The second-order valence-corrected chi connectivity index (χ2v) is 10.1. The van der Waals surface area contributed by atoms with Gasteiger partial charge in [0.1, 0.15) is 5.65 Å². The summed E-state index contributed by atoms with van der Waals surface area (Å²) in [6.07, 6.45) is 3.24. The van der Waals surface area contributed by atoms with Crippen molar-refractivity contribution in [3.8, 4) is 11.4 Å². The van der Waals surface area contributed by atoms with Crippen LogP contribution in [0.5, 0.6) is 0 Å². The maximum absolute atomic E-state index is 13.2. The minimum absolute atomic E-state index is 0.0457. The number of aryl methyl sites for hydroxylation is 2. The predicted octanol–water partition coefficient (Wildman–Crippen LogP) is 5.22. The lowest BCUT2D eigenvalue weighted by Crippen LogP contribution is -2.03. The van der Waals surface area contributed by atoms with Gasteiger partial charge in [0, 0.05) is 18.0 Å². The van der Waals surface area contributed by atoms with Crippen LogP contribution >= 0.6 is 11.6 Å². The van der Waals surface area contributed by atoms with Gasteiger partial charge in [-0.05, 0) is 43.1 Å². The number of aromatic nitrogens is 4. The maximum atomic E-state index is 13.2. The summed E-state index contributed by atoms with van der Waals surface area (Å²) in [6.45, 7) is 3.75. The van der Waals surface area contributed by atoms with Crippen LogP contribution in [0, 0.1) is 13.8 Å². The minimum atomic E-state index is -3.75. The molecule has 7 nitrogen and oxygen atoms in total. The number of fused-ring (bicyclic) bond motifs is 1. The zero-order valence-electron chi connectivity index (χ0n) is 16.8. The van der Waals surface area contributed by atoms with Crippen molar-refractivity contribution in [1.29, 1.82) is 0 Å². The van der Waals surface area contributed by atoms with E-state index in [9.17, 15) is 13.0 Å². The molecule has 11 heteroatoms. The molecule has 0 radical (unpaired) electrons. The highest BCUT2D eigenvalue weighted by atomic mass is 35.5. The van der Waals surface area contributed by atoms with E-state index in [1.807, 2.05) is 31.2 Å². The molecule has 0 N–H and O–H groups in total. The van der Waals surface area contributed by atoms with Crippen molar-refractivity contribution < 1.29 is 17.5 Å². The Kier molecular flexibility index (Phi) is 5.30. The first-order valence-corrected chi connectivity index (χ1v) is 11.6. The Bertz CT molecular complexity index is 1380. The topological polar surface area (TPSA) is 85.6 Å². The zero-order valence-corrected chi connectivity index (χ0v) is 18.4. The van der Waals surface area contributed by atoms with E-state index in [1.54, 1.807) is 35.9 Å². The van der Waals surface area contributed by atoms with Crippen LogP contribution in [0.4, 0.5) is 14.6 Å². The Morgan fingerprint density at radius 3 is 2.55 bits per heavy atom. The number of halogens is 3. The smallest absolute Gasteiger partial charge is 0.331 e. The quantitative estimate of drug-likeness (QED) is 0.377. The fraction of sp³-hybridized carbons (Fsp3) is 0.250. The van der Waals surface area contributed by atoms with E-state index in [2.05, 4.69) is 24.0 Å². The standard InChI is InChI=1S/C20H18ClF2N5O2S/c1-12-4-6-14(7-5-12)11-31(3,29)27-18-13(2)24-16-10-15(8-9-28(16)18)17-25-19(30-26-17)20(21,22)23/h4-10H,11H2,1-3H3. The summed E-state index contributed by atoms with van der Waals surface area (Å²) in [5, 5.41) is -0.201. The van der Waals surface area contributed by atoms with Crippen LogP contribution in [0.1, 0.15) is 22.7 Å². The molecule has 0 spiro atoms. The van der Waals surface area contributed by atoms with Crippen LogP contribution < -0.4 is 0 Å². The van der Waals surface area contributed by atoms with E-state index >= 15 is 0 Å². The molecule has 0 aliphatic rings. The molecule has 4 aromatic rings. The number of benzene rings is 1. The second-order valence-electron chi connectivity index (χ2n) is 7.27. The number of rotatable bonds is 5. The molecule has 1 aromatic carbocycles. The lowest BCUT2D eigenvalue weighted by Gasteiger charge is -2.06. The van der Waals surface area contributed by atoms with Crippen molar-refractivity contribution in [1.82, 2.24) is 19.5 Å². The summed E-state index contributed by atoms with van der Waals surface area (Å²) in [4.78, 5) is 8.08. The molecule has 0 aliphatic heterocycles. The Morgan fingerprint density at radius 1 is 1.19 bits per heavy atom. The SMILES string of the molecule is Cc1ccc(CS(C)(=O)=Nc2c(C)nc3cc(-c4noc(C(F)(F)Cl)n4)ccn23)cc1. The van der Waals surface area contributed by atoms with Crippen molar-refractivity contribution in [3.05, 3.63) is 65.3 Å². The molecule has 0 amide bonds. The van der Waals surface area contributed by atoms with Crippen molar-refractivity contribution in [2.75, 3.05) is 6.26 Å². The third-order valence-electron chi connectivity index (χ3n) is 4.53. The minimum Gasteiger partial charge on any atom is -0.331 e. The summed E-state index contributed by atoms with van der Waals surface area (Å²) < 4.78 is 50.1. The third kappa shape index (κ3) is 4.59. The number of hydrogen-bond acceptors (Lipinski definition) is 6. The Labute approximate surface area is 182 Å². The molecule has 0 saturated heterocycles. The van der Waals surface area contributed by atoms with Gasteiger partial charge in [-0.2, -0.15) is 18.1 Å². The van der Waals surface area contributed by atoms with Gasteiger partial charge >= 0.3 is 11.3 Å². The number of hydrogen-bond donors (Lipinski definition) is 0. The summed E-state index contributed by atoms with van der Waals surface area (Å²) in [5.41, 5.74) is 3.52. The molecule has 0 aliphatic carbocycles. The fourth-order valence-corrected chi connectivity index (χ4v) is 4.60. The Balaban J connectivity index is 1.70. The van der Waals surface area contributed by atoms with Crippen molar-refractivity contribution in [2.45, 2.75) is 25.0 Å². The summed E-state index contributed by atoms with van der Waals surface area (Å²) in [7, 11) is -2.58. The summed E-state index contributed by atoms with van der Waals surface area (Å²) >= 11 is 4.92. The van der Waals surface area contributed by atoms with Crippen molar-refractivity contribution >= 4 is 32.8 Å². The Hall–Kier alpha value is -2.85. The molecule has 162 valence electrons. The van der Waals surface area contributed by atoms with Gasteiger partial charge in [0.25, 0.3) is 0 Å². The van der Waals surface area contributed by atoms with Crippen LogP contribution in [0.25, 0.3) is 17.0 Å². The van der Waals surface area contributed by atoms with E-state index in [0.717, 1.165) is 11.1 Å². The summed E-state index contributed by atoms with van der Waals surface area (Å²) in [5.74, 6) is -0.269. The molecule has 3 heterocycles. The third-order valence-corrected chi connectivity index (χ3v) is 6.12. The fourth-order valence-electron chi connectivity index (χ4n) is 3.06. The number of nitrogens with zero attached hydrogens (tertiary/aromatic N) is 5. The van der Waals surface area contributed by atoms with E-state index in [-0.39, 0.29) is 5.82 Å². The van der Waals surface area contributed by atoms with Crippen LogP contribution in [-0.2, 0) is 20.9 Å². The van der Waals surface area contributed by atoms with Gasteiger partial charge < -0.3 is 4.52 Å². The normalized spacial score (nSPS) is 14.0. The molecule has 0 fully saturated rings. The van der Waals surface area contributed by atoms with Crippen LogP contribution in [0.3, 0.4) is 0 Å². The number of alkyl halides is 3. The van der Waals surface area contributed by atoms with E-state index in [4.69, 9.17) is 11.6 Å². The van der Waals surface area contributed by atoms with E-state index in [0.29, 0.717) is 28.5 Å². The van der Waals surface area contributed by atoms with Gasteiger partial charge in [-0.15, -0.1) is 0 Å². The molecule has 31 heavy (non-hydrogen) atoms. The molecule has 4 rings (SSSR count). The number of pyridine rings is 1. The van der Waals surface area contributed by atoms with Gasteiger partial charge in [-0.25, -0.2) is 9.19 Å². The van der Waals surface area contributed by atoms with Crippen LogP contribution in [-0.4, -0.2) is 30.0 Å². The molecule has 0 bridgehead atoms. The van der Waals surface area contributed by atoms with Crippen LogP contribution in [0.15, 0.2) is 51.5 Å². The lowest BCUT2D eigenvalue weighted by atomic mass is 10.2. The van der Waals surface area contributed by atoms with E-state index in [1.165, 1.54) is 0 Å². The van der Waals surface area contributed by atoms with Gasteiger partial charge in [0.05, 0.1) is 21.2 Å². The predicted molar refractivity (Wildman–Crippen MR) is 114 cm³/mol. The monoisotopic (exact) mass is 465 g/mol. The molecule has 0 saturated carbocycles. The van der Waals surface area contributed by atoms with Gasteiger partial charge in [-0.3, -0.25) is 4.40 Å². The molecular formula is C20H18ClF2N5O2S. The Morgan fingerprint density at radius 2 is 1.90 bits per heavy atom. The average molecular weight is 466 g/mol. The molecule has 3 aromatic heterocycles. The molecule has 1 atom stereocenters. The highest BCUT2D eigenvalue weighted by Gasteiger charge is 2.35. The van der Waals surface area contributed by atoms with E-state index < -0.39 is 21.0 Å². The van der Waals surface area contributed by atoms with Gasteiger partial charge in [0.2, 0.25) is 5.82 Å². The first kappa shape index (κ1) is 21.4. The first-order valence-electron chi connectivity index (χ1n) is 9.17. The van der Waals surface area contributed by atoms with Crippen LogP contribution in [0.2, 0.25) is 0 Å². The molecular weight excluding hydrogens is 448 g/mol. The van der Waals surface area contributed by atoms with Gasteiger partial charge in [0.15, 0.2) is 5.82 Å². The largest absolute Gasteiger partial charge is 0.400 e. The summed E-state index contributed by atoms with van der Waals surface area (Å²) in [6, 6.07) is 11.0. The zero-order chi connectivity index (χ0) is 22.4. The maximum Gasteiger partial charge on any atom is 0.400 e. The highest BCUT2D eigenvalue weighted by molar-refractivity contribution is 7.92. The number of imidazole rings is 1. The van der Waals surface area contributed by atoms with Crippen molar-refractivity contribution in [2.24, 2.45) is 4.36 Å². The van der Waals surface area contributed by atoms with Gasteiger partial charge in [-0.1, -0.05) is 35.0 Å². The van der Waals surface area contributed by atoms with Crippen molar-refractivity contribution in [3.63, 3.8) is 0 Å². The average Bonchev–Trinajstić information content (AvgIpc) is 3.28. The molecule has 1 unspecified atom stereocenters. The lowest BCUT2D eigenvalue weighted by molar-refractivity contribution is 0.0551. The first-order chi connectivity index (χ1) is 14.5. The second kappa shape index (κ2) is 7.69. The highest BCUT2D eigenvalue weighted by Crippen LogP contribution is 2.32.